The number of ether oxygens (including phenoxy) is 1. The van der Waals surface area contributed by atoms with E-state index in [1.165, 1.54) is 7.11 Å². The van der Waals surface area contributed by atoms with Crippen LogP contribution >= 0.6 is 22.6 Å². The quantitative estimate of drug-likeness (QED) is 0.506. The van der Waals surface area contributed by atoms with E-state index in [4.69, 9.17) is 4.74 Å². The van der Waals surface area contributed by atoms with Gasteiger partial charge in [0.1, 0.15) is 0 Å². The van der Waals surface area contributed by atoms with Crippen LogP contribution in [0, 0.1) is 3.57 Å². The van der Waals surface area contributed by atoms with Crippen molar-refractivity contribution in [3.63, 3.8) is 0 Å². The molecular formula is C19H18IN3O4. The average molecular weight is 479 g/mol. The van der Waals surface area contributed by atoms with Gasteiger partial charge in [0.05, 0.1) is 22.3 Å². The first kappa shape index (κ1) is 19.0. The SMILES string of the molecule is COc1cc(C2NC(=O)NC(C)=C2C(=O)Nc2ccccc2)cc(I)c1O. The molecule has 3 amide bonds. The lowest BCUT2D eigenvalue weighted by Gasteiger charge is -2.29. The Kier molecular flexibility index (Phi) is 5.54. The summed E-state index contributed by atoms with van der Waals surface area (Å²) < 4.78 is 5.75. The van der Waals surface area contributed by atoms with E-state index in [0.717, 1.165) is 0 Å². The van der Waals surface area contributed by atoms with Crippen LogP contribution < -0.4 is 20.7 Å². The predicted molar refractivity (Wildman–Crippen MR) is 110 cm³/mol. The number of amides is 3. The number of carbonyl (C=O) groups excluding carboxylic acids is 2. The molecule has 1 heterocycles. The third-order valence-electron chi connectivity index (χ3n) is 4.15. The zero-order chi connectivity index (χ0) is 19.6. The van der Waals surface area contributed by atoms with Crippen LogP contribution in [0.1, 0.15) is 18.5 Å². The van der Waals surface area contributed by atoms with Crippen molar-refractivity contribution in [1.82, 2.24) is 10.6 Å². The van der Waals surface area contributed by atoms with Crippen molar-refractivity contribution in [2.24, 2.45) is 0 Å². The predicted octanol–water partition coefficient (Wildman–Crippen LogP) is 3.27. The van der Waals surface area contributed by atoms with Crippen molar-refractivity contribution in [2.75, 3.05) is 12.4 Å². The first-order valence-corrected chi connectivity index (χ1v) is 9.19. The van der Waals surface area contributed by atoms with Gasteiger partial charge >= 0.3 is 6.03 Å². The maximum atomic E-state index is 12.9. The topological polar surface area (TPSA) is 99.7 Å². The van der Waals surface area contributed by atoms with Gasteiger partial charge in [-0.3, -0.25) is 4.79 Å². The third-order valence-corrected chi connectivity index (χ3v) is 4.97. The number of methoxy groups -OCH3 is 1. The van der Waals surface area contributed by atoms with E-state index in [1.807, 2.05) is 40.8 Å². The van der Waals surface area contributed by atoms with Gasteiger partial charge in [0.2, 0.25) is 0 Å². The summed E-state index contributed by atoms with van der Waals surface area (Å²) in [4.78, 5) is 25.0. The van der Waals surface area contributed by atoms with Crippen LogP contribution in [0.3, 0.4) is 0 Å². The fraction of sp³-hybridized carbons (Fsp3) is 0.158. The Hall–Kier alpha value is -2.75. The fourth-order valence-corrected chi connectivity index (χ4v) is 3.51. The Morgan fingerprint density at radius 2 is 1.96 bits per heavy atom. The molecule has 4 N–H and O–H groups in total. The second kappa shape index (κ2) is 7.87. The van der Waals surface area contributed by atoms with Crippen molar-refractivity contribution in [1.29, 1.82) is 0 Å². The second-order valence-electron chi connectivity index (χ2n) is 5.94. The van der Waals surface area contributed by atoms with E-state index in [9.17, 15) is 14.7 Å². The number of benzene rings is 2. The number of urea groups is 1. The van der Waals surface area contributed by atoms with Crippen LogP contribution in [0.2, 0.25) is 0 Å². The van der Waals surface area contributed by atoms with Crippen molar-refractivity contribution in [3.8, 4) is 11.5 Å². The molecule has 0 saturated carbocycles. The Morgan fingerprint density at radius 1 is 1.26 bits per heavy atom. The number of rotatable bonds is 4. The van der Waals surface area contributed by atoms with Gasteiger partial charge in [-0.25, -0.2) is 4.79 Å². The van der Waals surface area contributed by atoms with Gasteiger partial charge in [0.15, 0.2) is 11.5 Å². The molecule has 27 heavy (non-hydrogen) atoms. The summed E-state index contributed by atoms with van der Waals surface area (Å²) in [5.41, 5.74) is 2.11. The highest BCUT2D eigenvalue weighted by atomic mass is 127. The molecule has 1 atom stereocenters. The highest BCUT2D eigenvalue weighted by Crippen LogP contribution is 2.37. The molecule has 140 valence electrons. The molecule has 0 radical (unpaired) electrons. The van der Waals surface area contributed by atoms with Crippen molar-refractivity contribution in [3.05, 3.63) is 62.9 Å². The van der Waals surface area contributed by atoms with Crippen molar-refractivity contribution in [2.45, 2.75) is 13.0 Å². The lowest BCUT2D eigenvalue weighted by Crippen LogP contribution is -2.46. The molecular weight excluding hydrogens is 461 g/mol. The third kappa shape index (κ3) is 4.00. The highest BCUT2D eigenvalue weighted by molar-refractivity contribution is 14.1. The number of nitrogens with one attached hydrogen (secondary N) is 3. The number of hydrogen-bond donors (Lipinski definition) is 4. The standard InChI is InChI=1S/C19H18IN3O4/c1-10-15(18(25)22-12-6-4-3-5-7-12)16(23-19(26)21-10)11-8-13(20)17(24)14(9-11)27-2/h3-9,16,24H,1-2H3,(H,22,25)(H2,21,23,26). The van der Waals surface area contributed by atoms with Crippen LogP contribution in [0.4, 0.5) is 10.5 Å². The zero-order valence-electron chi connectivity index (χ0n) is 14.7. The van der Waals surface area contributed by atoms with E-state index in [1.54, 1.807) is 31.2 Å². The lowest BCUT2D eigenvalue weighted by molar-refractivity contribution is -0.113. The molecule has 0 fully saturated rings. The van der Waals surface area contributed by atoms with Gasteiger partial charge in [-0.05, 0) is 59.3 Å². The summed E-state index contributed by atoms with van der Waals surface area (Å²) in [6, 6.07) is 11.3. The molecule has 3 rings (SSSR count). The number of anilines is 1. The van der Waals surface area contributed by atoms with E-state index in [-0.39, 0.29) is 17.4 Å². The van der Waals surface area contributed by atoms with E-state index in [0.29, 0.717) is 26.1 Å². The molecule has 1 unspecified atom stereocenters. The molecule has 1 aliphatic heterocycles. The summed E-state index contributed by atoms with van der Waals surface area (Å²) in [6.45, 7) is 1.67. The molecule has 0 aliphatic carbocycles. The minimum absolute atomic E-state index is 0.0121. The van der Waals surface area contributed by atoms with Crippen LogP contribution in [-0.2, 0) is 4.79 Å². The summed E-state index contributed by atoms with van der Waals surface area (Å²) in [5.74, 6) is -0.0542. The monoisotopic (exact) mass is 479 g/mol. The van der Waals surface area contributed by atoms with Gasteiger partial charge in [0.25, 0.3) is 5.91 Å². The number of halogens is 1. The summed E-state index contributed by atoms with van der Waals surface area (Å²) in [6.07, 6.45) is 0. The lowest BCUT2D eigenvalue weighted by atomic mass is 9.94. The largest absolute Gasteiger partial charge is 0.504 e. The minimum atomic E-state index is -0.689. The maximum Gasteiger partial charge on any atom is 0.319 e. The average Bonchev–Trinajstić information content (AvgIpc) is 2.63. The van der Waals surface area contributed by atoms with Gasteiger partial charge in [0, 0.05) is 11.4 Å². The van der Waals surface area contributed by atoms with Crippen molar-refractivity contribution >= 4 is 40.2 Å². The van der Waals surface area contributed by atoms with E-state index in [2.05, 4.69) is 16.0 Å². The number of para-hydroxylation sites is 1. The van der Waals surface area contributed by atoms with Crippen LogP contribution in [0.5, 0.6) is 11.5 Å². The molecule has 8 heteroatoms. The van der Waals surface area contributed by atoms with Crippen LogP contribution in [0.15, 0.2) is 53.7 Å². The van der Waals surface area contributed by atoms with Crippen LogP contribution in [-0.4, -0.2) is 24.2 Å². The van der Waals surface area contributed by atoms with Gasteiger partial charge in [-0.1, -0.05) is 18.2 Å². The second-order valence-corrected chi connectivity index (χ2v) is 7.11. The molecule has 0 saturated heterocycles. The van der Waals surface area contributed by atoms with E-state index < -0.39 is 12.1 Å². The first-order chi connectivity index (χ1) is 12.9. The molecule has 0 bridgehead atoms. The number of aromatic hydroxyl groups is 1. The Morgan fingerprint density at radius 3 is 2.63 bits per heavy atom. The Bertz CT molecular complexity index is 928. The molecule has 1 aliphatic rings. The molecule has 0 aromatic heterocycles. The van der Waals surface area contributed by atoms with E-state index >= 15 is 0 Å². The molecule has 7 nitrogen and oxygen atoms in total. The number of hydrogen-bond acceptors (Lipinski definition) is 4. The normalized spacial score (nSPS) is 16.4. The number of allylic oxidation sites excluding steroid dienone is 1. The smallest absolute Gasteiger partial charge is 0.319 e. The van der Waals surface area contributed by atoms with Gasteiger partial charge in [-0.15, -0.1) is 0 Å². The number of carbonyl (C=O) groups is 2. The fourth-order valence-electron chi connectivity index (χ4n) is 2.88. The summed E-state index contributed by atoms with van der Waals surface area (Å²) >= 11 is 1.97. The van der Waals surface area contributed by atoms with Gasteiger partial charge < -0.3 is 25.8 Å². The molecule has 2 aromatic rings. The maximum absolute atomic E-state index is 12.9. The van der Waals surface area contributed by atoms with Crippen LogP contribution in [0.25, 0.3) is 0 Å². The van der Waals surface area contributed by atoms with Crippen molar-refractivity contribution < 1.29 is 19.4 Å². The minimum Gasteiger partial charge on any atom is -0.504 e. The molecule has 2 aromatic carbocycles. The highest BCUT2D eigenvalue weighted by Gasteiger charge is 2.32. The molecule has 0 spiro atoms. The Balaban J connectivity index is 2.02. The zero-order valence-corrected chi connectivity index (χ0v) is 16.8. The summed E-state index contributed by atoms with van der Waals surface area (Å²) in [5, 5.41) is 18.3. The summed E-state index contributed by atoms with van der Waals surface area (Å²) in [7, 11) is 1.44. The number of phenols is 1. The first-order valence-electron chi connectivity index (χ1n) is 8.11. The van der Waals surface area contributed by atoms with Gasteiger partial charge in [-0.2, -0.15) is 0 Å². The number of phenolic OH excluding ortho intramolecular Hbond substituents is 1. The Labute approximate surface area is 169 Å².